The maximum absolute atomic E-state index is 14.3. The maximum Gasteiger partial charge on any atom is 0.510 e. The molecule has 6 heterocycles. The molecule has 6 aromatic rings. The van der Waals surface area contributed by atoms with Crippen LogP contribution in [0.1, 0.15) is 170 Å². The first-order chi connectivity index (χ1) is 59.2. The van der Waals surface area contributed by atoms with Crippen molar-refractivity contribution in [3.63, 3.8) is 0 Å². The number of nitrogens with two attached hydrogens (primary N) is 1. The predicted molar refractivity (Wildman–Crippen MR) is 459 cm³/mol. The number of para-hydroxylation sites is 1. The number of rotatable bonds is 60. The number of nitrogens with one attached hydrogen (secondary N) is 4. The summed E-state index contributed by atoms with van der Waals surface area (Å²) in [6, 6.07) is 14.7. The number of aromatic nitrogens is 7. The number of unbranched alkanes of at least 4 members (excludes halogenated alkanes) is 2. The lowest BCUT2D eigenvalue weighted by Gasteiger charge is -2.35. The van der Waals surface area contributed by atoms with Gasteiger partial charge in [-0.2, -0.15) is 4.31 Å². The zero-order chi connectivity index (χ0) is 87.6. The van der Waals surface area contributed by atoms with Gasteiger partial charge in [-0.1, -0.05) is 73.0 Å². The lowest BCUT2D eigenvalue weighted by atomic mass is 9.85. The highest BCUT2D eigenvalue weighted by molar-refractivity contribution is 7.98. The van der Waals surface area contributed by atoms with Gasteiger partial charge in [-0.05, 0) is 152 Å². The Bertz CT molecular complexity index is 4410. The summed E-state index contributed by atoms with van der Waals surface area (Å²) >= 11 is 1.48. The first kappa shape index (κ1) is 100. The van der Waals surface area contributed by atoms with Crippen LogP contribution in [0.15, 0.2) is 83.1 Å². The lowest BCUT2D eigenvalue weighted by molar-refractivity contribution is -0.175. The molecule has 2 atom stereocenters. The number of ether oxygens (including phenoxy) is 12. The number of nitrogens with zero attached hydrogens (tertiary/aromatic N) is 8. The highest BCUT2D eigenvalue weighted by Crippen LogP contribution is 2.43. The molecule has 0 bridgehead atoms. The van der Waals surface area contributed by atoms with E-state index < -0.39 is 39.4 Å². The molecule has 4 amide bonds. The number of benzene rings is 2. The Labute approximate surface area is 720 Å². The Morgan fingerprint density at radius 1 is 0.730 bits per heavy atom. The Hall–Kier alpha value is -8.94. The largest absolute Gasteiger partial charge is 0.510 e. The highest BCUT2D eigenvalue weighted by atomic mass is 32.2. The monoisotopic (exact) mass is 1740 g/mol. The van der Waals surface area contributed by atoms with Crippen LogP contribution in [0.5, 0.6) is 0 Å². The van der Waals surface area contributed by atoms with E-state index in [-0.39, 0.29) is 86.5 Å². The minimum absolute atomic E-state index is 0.0421. The number of esters is 1. The third kappa shape index (κ3) is 35.4. The third-order valence-electron chi connectivity index (χ3n) is 19.4. The van der Waals surface area contributed by atoms with Gasteiger partial charge in [0.25, 0.3) is 5.56 Å². The number of carbonyl (C=O) groups is 6. The van der Waals surface area contributed by atoms with Crippen molar-refractivity contribution < 1.29 is 94.0 Å². The molecule has 2 aliphatic heterocycles. The van der Waals surface area contributed by atoms with Crippen molar-refractivity contribution in [1.82, 2.24) is 54.8 Å². The second kappa shape index (κ2) is 56.8. The van der Waals surface area contributed by atoms with Gasteiger partial charge in [0.2, 0.25) is 39.3 Å². The van der Waals surface area contributed by atoms with E-state index in [1.807, 2.05) is 50.6 Å². The molecule has 36 heteroatoms. The fourth-order valence-electron chi connectivity index (χ4n) is 13.1. The number of sulfonamides is 1. The molecule has 0 unspecified atom stereocenters. The summed E-state index contributed by atoms with van der Waals surface area (Å²) in [5.74, 6) is 4.48. The Morgan fingerprint density at radius 2 is 1.33 bits per heavy atom. The third-order valence-corrected chi connectivity index (χ3v) is 21.4. The van der Waals surface area contributed by atoms with Crippen LogP contribution in [-0.4, -0.2) is 247 Å². The summed E-state index contributed by atoms with van der Waals surface area (Å²) in [6.07, 6.45) is 18.0. The molecule has 4 aromatic heterocycles. The van der Waals surface area contributed by atoms with Gasteiger partial charge < -0.3 is 88.4 Å². The summed E-state index contributed by atoms with van der Waals surface area (Å²) in [5.41, 5.74) is 9.19. The molecule has 0 spiro atoms. The molecule has 34 nitrogen and oxygen atoms in total. The van der Waals surface area contributed by atoms with Gasteiger partial charge in [-0.25, -0.2) is 37.6 Å². The van der Waals surface area contributed by atoms with Crippen LogP contribution in [0, 0.1) is 11.8 Å². The van der Waals surface area contributed by atoms with Crippen LogP contribution >= 0.6 is 11.8 Å². The van der Waals surface area contributed by atoms with Crippen molar-refractivity contribution in [1.29, 1.82) is 0 Å². The fraction of sp³-hybridized carbons (Fsp3) is 0.605. The van der Waals surface area contributed by atoms with Crippen LogP contribution in [-0.2, 0) is 136 Å². The number of carbonyl (C=O) groups excluding carboxylic acids is 6. The average Bonchev–Trinajstić information content (AvgIpc) is 1.35. The van der Waals surface area contributed by atoms with Gasteiger partial charge in [0.05, 0.1) is 66.7 Å². The molecule has 0 saturated carbocycles. The van der Waals surface area contributed by atoms with Crippen LogP contribution < -0.4 is 32.6 Å². The lowest BCUT2D eigenvalue weighted by Crippen LogP contribution is -2.47. The molecule has 0 radical (unpaired) electrons. The van der Waals surface area contributed by atoms with E-state index in [2.05, 4.69) is 53.4 Å². The Balaban J connectivity index is 0.000000336. The smallest absolute Gasteiger partial charge is 0.457 e. The molecule has 2 aliphatic rings. The SMILES string of the molecule is CCC(=O)N[C@@H](CCCCN)C(=O)Nc1ccc(COC(=O)O[C@]2(CC)C(=O)OCc3c2cc2n(c3=O)Cc3c-2nc2ccccc2c3CCN(C(C)C)S(C)(=O)=O)cc1.COCC(=O)NCCCOCCCOCCCOCCCOCCCOCCCOCCCOCCCOCCn1cc(CNC(=O)CCCC#Cc2cnc(SC)nc2)nn1. The molecule has 122 heavy (non-hydrogen) atoms. The number of pyridine rings is 2. The van der Waals surface area contributed by atoms with E-state index in [4.69, 9.17) is 67.6 Å². The number of amides is 4. The first-order valence-electron chi connectivity index (χ1n) is 42.2. The van der Waals surface area contributed by atoms with Gasteiger partial charge in [-0.3, -0.25) is 24.0 Å². The maximum atomic E-state index is 14.3. The van der Waals surface area contributed by atoms with Crippen molar-refractivity contribution in [2.24, 2.45) is 5.73 Å². The van der Waals surface area contributed by atoms with Crippen LogP contribution in [0.3, 0.4) is 0 Å². The van der Waals surface area contributed by atoms with Gasteiger partial charge >= 0.3 is 12.1 Å². The van der Waals surface area contributed by atoms with E-state index in [1.54, 1.807) is 65.8 Å². The van der Waals surface area contributed by atoms with Gasteiger partial charge in [0.15, 0.2) is 5.16 Å². The van der Waals surface area contributed by atoms with Crippen molar-refractivity contribution in [3.8, 4) is 23.2 Å². The molecule has 8 rings (SSSR count). The second-order valence-corrected chi connectivity index (χ2v) is 31.9. The van der Waals surface area contributed by atoms with Crippen LogP contribution in [0.4, 0.5) is 10.5 Å². The molecular formula is C86H125N13O21S2. The van der Waals surface area contributed by atoms with Crippen LogP contribution in [0.25, 0.3) is 22.3 Å². The molecule has 0 fully saturated rings. The molecule has 6 N–H and O–H groups in total. The number of anilines is 1. The molecule has 0 saturated heterocycles. The number of methoxy groups -OCH3 is 1. The topological polar surface area (TPSA) is 416 Å². The van der Waals surface area contributed by atoms with Crippen molar-refractivity contribution >= 4 is 74.1 Å². The molecule has 0 aliphatic carbocycles. The van der Waals surface area contributed by atoms with Gasteiger partial charge in [-0.15, -0.1) is 5.10 Å². The van der Waals surface area contributed by atoms with Crippen LogP contribution in [0.2, 0.25) is 0 Å². The number of hydrogen-bond acceptors (Lipinski definition) is 28. The molecular weight excluding hydrogens is 1620 g/mol. The fourth-order valence-corrected chi connectivity index (χ4v) is 14.6. The van der Waals surface area contributed by atoms with Crippen molar-refractivity contribution in [3.05, 3.63) is 123 Å². The van der Waals surface area contributed by atoms with Gasteiger partial charge in [0.1, 0.15) is 31.6 Å². The van der Waals surface area contributed by atoms with E-state index in [0.29, 0.717) is 209 Å². The molecule has 672 valence electrons. The number of fused-ring (bicyclic) bond motifs is 5. The summed E-state index contributed by atoms with van der Waals surface area (Å²) in [7, 11) is -2.00. The minimum Gasteiger partial charge on any atom is -0.457 e. The zero-order valence-corrected chi connectivity index (χ0v) is 73.5. The minimum atomic E-state index is -3.50. The summed E-state index contributed by atoms with van der Waals surface area (Å²) in [4.78, 5) is 103. The quantitative estimate of drug-likeness (QED) is 0.00787. The van der Waals surface area contributed by atoms with E-state index >= 15 is 0 Å². The number of hydrogen-bond donors (Lipinski definition) is 5. The summed E-state index contributed by atoms with van der Waals surface area (Å²) < 4.78 is 96.7. The van der Waals surface area contributed by atoms with Crippen molar-refractivity contribution in [2.45, 2.75) is 193 Å². The highest BCUT2D eigenvalue weighted by Gasteiger charge is 2.51. The number of cyclic esters (lactones) is 1. The zero-order valence-electron chi connectivity index (χ0n) is 71.8. The molecule has 2 aromatic carbocycles. The first-order valence-corrected chi connectivity index (χ1v) is 45.2. The van der Waals surface area contributed by atoms with Gasteiger partial charge in [0, 0.05) is 179 Å². The second-order valence-electron chi connectivity index (χ2n) is 29.2. The Morgan fingerprint density at radius 3 is 1.89 bits per heavy atom. The average molecular weight is 1740 g/mol. The summed E-state index contributed by atoms with van der Waals surface area (Å²) in [5, 5.41) is 21.0. The van der Waals surface area contributed by atoms with E-state index in [0.717, 1.165) is 79.9 Å². The van der Waals surface area contributed by atoms with Crippen molar-refractivity contribution in [2.75, 3.05) is 157 Å². The normalized spacial score (nSPS) is 13.6. The number of thioether (sulfide) groups is 1. The Kier molecular flexibility index (Phi) is 46.6. The van der Waals surface area contributed by atoms with E-state index in [1.165, 1.54) is 29.4 Å². The standard InChI is InChI=1S/C43H73N7O11S.C43H52N6O10S/c1-53-38-42(52)44-16-6-18-54-19-7-20-55-21-8-22-56-23-9-24-57-25-10-26-58-27-11-28-59-29-12-30-60-31-13-32-61-33-17-50-37-40(48-49-50)36-45-41(51)15-5-3-4-14-39-34-46-43(62-2)47-35-39;1-6-37(50)46-35(14-10-11-20-44)39(51)45-28-17-15-27(16-18-28)24-58-42(54)59-43(7-2)33-22-36-38-31(23-48(36)40(52)32(33)25-57-41(43)53)29(30-12-8-9-13-34(30)47-38)19-21-49(26(3)4)60(5,55)56/h34-35,37H,3,5-13,15-33,36,38H2,1-2H3,(H,44,52)(H,45,51);8-9,12-13,15-18,22,26,35H,6-7,10-11,14,19-21,23-25,44H2,1-5H3,(H,45,51)(H,46,50)/t;35-,43-/m.0/s1. The van der Waals surface area contributed by atoms with E-state index in [9.17, 15) is 42.0 Å². The summed E-state index contributed by atoms with van der Waals surface area (Å²) in [6.45, 7) is 19.4. The predicted octanol–water partition coefficient (Wildman–Crippen LogP) is 8.26.